The van der Waals surface area contributed by atoms with E-state index in [1.54, 1.807) is 22.9 Å². The molecule has 6 heteroatoms. The van der Waals surface area contributed by atoms with Crippen LogP contribution in [0.15, 0.2) is 47.2 Å². The number of hydrogen-bond acceptors (Lipinski definition) is 2. The van der Waals surface area contributed by atoms with Gasteiger partial charge in [-0.2, -0.15) is 0 Å². The first kappa shape index (κ1) is 14.1. The van der Waals surface area contributed by atoms with Crippen LogP contribution in [-0.2, 0) is 7.05 Å². The third-order valence-corrected chi connectivity index (χ3v) is 3.77. The predicted octanol–water partition coefficient (Wildman–Crippen LogP) is 4.24. The maximum Gasteiger partial charge on any atom is 0.272 e. The number of amides is 1. The highest BCUT2D eigenvalue weighted by atomic mass is 79.9. The Morgan fingerprint density at radius 1 is 1.38 bits per heavy atom. The number of nitrogens with zero attached hydrogens (tertiary/aromatic N) is 2. The molecule has 0 unspecified atom stereocenters. The number of aryl methyl sites for hydroxylation is 1. The fraction of sp³-hybridized carbons (Fsp3) is 0.0667. The minimum atomic E-state index is -0.211. The van der Waals surface area contributed by atoms with Crippen LogP contribution in [0.2, 0.25) is 5.02 Å². The molecule has 0 radical (unpaired) electrons. The number of carbonyl (C=O) groups is 1. The molecule has 21 heavy (non-hydrogen) atoms. The van der Waals surface area contributed by atoms with Gasteiger partial charge in [-0.3, -0.25) is 9.78 Å². The van der Waals surface area contributed by atoms with Crippen molar-refractivity contribution in [3.05, 3.63) is 57.9 Å². The molecule has 2 aromatic heterocycles. The molecule has 1 N–H and O–H groups in total. The highest BCUT2D eigenvalue weighted by Crippen LogP contribution is 2.27. The predicted molar refractivity (Wildman–Crippen MR) is 87.8 cm³/mol. The van der Waals surface area contributed by atoms with Gasteiger partial charge in [0.2, 0.25) is 0 Å². The molecule has 0 aliphatic carbocycles. The van der Waals surface area contributed by atoms with Gasteiger partial charge in [-0.05, 0) is 40.2 Å². The van der Waals surface area contributed by atoms with Crippen molar-refractivity contribution in [1.82, 2.24) is 9.55 Å². The van der Waals surface area contributed by atoms with Crippen molar-refractivity contribution in [2.45, 2.75) is 0 Å². The fourth-order valence-corrected chi connectivity index (χ4v) is 2.94. The van der Waals surface area contributed by atoms with E-state index in [-0.39, 0.29) is 5.91 Å². The van der Waals surface area contributed by atoms with Gasteiger partial charge in [-0.15, -0.1) is 0 Å². The highest BCUT2D eigenvalue weighted by molar-refractivity contribution is 9.10. The number of anilines is 1. The molecule has 3 rings (SSSR count). The van der Waals surface area contributed by atoms with Gasteiger partial charge < -0.3 is 9.88 Å². The van der Waals surface area contributed by atoms with Crippen molar-refractivity contribution >= 4 is 50.0 Å². The maximum atomic E-state index is 12.4. The fourth-order valence-electron chi connectivity index (χ4n) is 2.19. The Labute approximate surface area is 134 Å². The van der Waals surface area contributed by atoms with Crippen LogP contribution < -0.4 is 5.32 Å². The Bertz CT molecular complexity index is 844. The van der Waals surface area contributed by atoms with Crippen molar-refractivity contribution < 1.29 is 4.79 Å². The van der Waals surface area contributed by atoms with E-state index in [1.165, 1.54) is 0 Å². The van der Waals surface area contributed by atoms with E-state index < -0.39 is 0 Å². The van der Waals surface area contributed by atoms with Crippen molar-refractivity contribution in [2.75, 3.05) is 5.32 Å². The van der Waals surface area contributed by atoms with E-state index in [4.69, 9.17) is 11.6 Å². The topological polar surface area (TPSA) is 46.9 Å². The van der Waals surface area contributed by atoms with Crippen LogP contribution >= 0.6 is 27.5 Å². The Balaban J connectivity index is 2.02. The maximum absolute atomic E-state index is 12.4. The monoisotopic (exact) mass is 363 g/mol. The number of rotatable bonds is 2. The molecule has 2 heterocycles. The summed E-state index contributed by atoms with van der Waals surface area (Å²) < 4.78 is 2.60. The second kappa shape index (κ2) is 5.50. The lowest BCUT2D eigenvalue weighted by Gasteiger charge is -2.09. The molecule has 1 amide bonds. The third kappa shape index (κ3) is 2.80. The van der Waals surface area contributed by atoms with Gasteiger partial charge in [-0.1, -0.05) is 17.7 Å². The number of carbonyl (C=O) groups excluding carboxylic acids is 1. The van der Waals surface area contributed by atoms with Gasteiger partial charge >= 0.3 is 0 Å². The Kier molecular flexibility index (Phi) is 3.69. The highest BCUT2D eigenvalue weighted by Gasteiger charge is 2.13. The van der Waals surface area contributed by atoms with Crippen LogP contribution in [0.5, 0.6) is 0 Å². The largest absolute Gasteiger partial charge is 0.345 e. The number of pyridine rings is 1. The summed E-state index contributed by atoms with van der Waals surface area (Å²) in [5.74, 6) is -0.211. The Hall–Kier alpha value is -1.85. The van der Waals surface area contributed by atoms with E-state index in [0.717, 1.165) is 9.86 Å². The summed E-state index contributed by atoms with van der Waals surface area (Å²) in [5, 5.41) is 4.31. The molecule has 0 saturated carbocycles. The number of benzene rings is 1. The summed E-state index contributed by atoms with van der Waals surface area (Å²) in [6, 6.07) is 9.02. The van der Waals surface area contributed by atoms with E-state index in [1.807, 2.05) is 31.4 Å². The van der Waals surface area contributed by atoms with Gasteiger partial charge in [0.15, 0.2) is 0 Å². The zero-order valence-electron chi connectivity index (χ0n) is 11.1. The molecule has 106 valence electrons. The standard InChI is InChI=1S/C15H11BrClN3O/c1-20-8-10(16)6-13(20)15(21)19-12-7-11(17)5-9-3-2-4-18-14(9)12/h2-8H,1H3,(H,19,21). The molecule has 0 atom stereocenters. The summed E-state index contributed by atoms with van der Waals surface area (Å²) in [6.07, 6.45) is 3.51. The van der Waals surface area contributed by atoms with Crippen molar-refractivity contribution in [3.63, 3.8) is 0 Å². The normalized spacial score (nSPS) is 10.8. The zero-order valence-corrected chi connectivity index (χ0v) is 13.4. The molecule has 0 saturated heterocycles. The molecular formula is C15H11BrClN3O. The Morgan fingerprint density at radius 2 is 2.19 bits per heavy atom. The summed E-state index contributed by atoms with van der Waals surface area (Å²) >= 11 is 9.45. The molecule has 0 spiro atoms. The van der Waals surface area contributed by atoms with Crippen molar-refractivity contribution in [2.24, 2.45) is 7.05 Å². The molecule has 0 aliphatic rings. The number of aromatic nitrogens is 2. The van der Waals surface area contributed by atoms with Crippen LogP contribution in [0.3, 0.4) is 0 Å². The van der Waals surface area contributed by atoms with E-state index in [0.29, 0.717) is 21.9 Å². The third-order valence-electron chi connectivity index (χ3n) is 3.12. The second-order valence-corrected chi connectivity index (χ2v) is 5.99. The van der Waals surface area contributed by atoms with Crippen LogP contribution in [0.25, 0.3) is 10.9 Å². The minimum absolute atomic E-state index is 0.211. The molecule has 0 aliphatic heterocycles. The van der Waals surface area contributed by atoms with Crippen LogP contribution in [0.4, 0.5) is 5.69 Å². The van der Waals surface area contributed by atoms with Gasteiger partial charge in [0.05, 0.1) is 11.2 Å². The molecule has 0 fully saturated rings. The molecule has 0 bridgehead atoms. The Morgan fingerprint density at radius 3 is 2.90 bits per heavy atom. The molecule has 3 aromatic rings. The average molecular weight is 365 g/mol. The van der Waals surface area contributed by atoms with Gasteiger partial charge in [-0.25, -0.2) is 0 Å². The molecule has 4 nitrogen and oxygen atoms in total. The number of hydrogen-bond donors (Lipinski definition) is 1. The van der Waals surface area contributed by atoms with Crippen LogP contribution in [0, 0.1) is 0 Å². The quantitative estimate of drug-likeness (QED) is 0.739. The van der Waals surface area contributed by atoms with Crippen LogP contribution in [0.1, 0.15) is 10.5 Å². The van der Waals surface area contributed by atoms with Crippen molar-refractivity contribution in [3.8, 4) is 0 Å². The summed E-state index contributed by atoms with van der Waals surface area (Å²) in [7, 11) is 1.81. The first-order valence-electron chi connectivity index (χ1n) is 6.22. The average Bonchev–Trinajstić information content (AvgIpc) is 2.77. The number of fused-ring (bicyclic) bond motifs is 1. The first-order valence-corrected chi connectivity index (χ1v) is 7.39. The number of halogens is 2. The number of nitrogens with one attached hydrogen (secondary N) is 1. The summed E-state index contributed by atoms with van der Waals surface area (Å²) in [6.45, 7) is 0. The summed E-state index contributed by atoms with van der Waals surface area (Å²) in [4.78, 5) is 16.7. The SMILES string of the molecule is Cn1cc(Br)cc1C(=O)Nc1cc(Cl)cc2cccnc12. The first-order chi connectivity index (χ1) is 10.0. The minimum Gasteiger partial charge on any atom is -0.345 e. The lowest BCUT2D eigenvalue weighted by Crippen LogP contribution is -2.15. The van der Waals surface area contributed by atoms with Gasteiger partial charge in [0.1, 0.15) is 5.69 Å². The second-order valence-electron chi connectivity index (χ2n) is 4.64. The van der Waals surface area contributed by atoms with Gasteiger partial charge in [0, 0.05) is 34.3 Å². The van der Waals surface area contributed by atoms with E-state index >= 15 is 0 Å². The van der Waals surface area contributed by atoms with Crippen LogP contribution in [-0.4, -0.2) is 15.5 Å². The van der Waals surface area contributed by atoms with Gasteiger partial charge in [0.25, 0.3) is 5.91 Å². The lowest BCUT2D eigenvalue weighted by molar-refractivity contribution is 0.101. The zero-order chi connectivity index (χ0) is 15.0. The molecule has 1 aromatic carbocycles. The summed E-state index contributed by atoms with van der Waals surface area (Å²) in [5.41, 5.74) is 1.86. The lowest BCUT2D eigenvalue weighted by atomic mass is 10.2. The molecular weight excluding hydrogens is 354 g/mol. The van der Waals surface area contributed by atoms with E-state index in [9.17, 15) is 4.79 Å². The smallest absolute Gasteiger partial charge is 0.272 e. The van der Waals surface area contributed by atoms with E-state index in [2.05, 4.69) is 26.2 Å². The van der Waals surface area contributed by atoms with Crippen molar-refractivity contribution in [1.29, 1.82) is 0 Å².